The maximum atomic E-state index is 14.0. The number of aryl methyl sites for hydroxylation is 1. The summed E-state index contributed by atoms with van der Waals surface area (Å²) in [5, 5.41) is 11.9. The largest absolute Gasteiger partial charge is 0.494 e. The number of nitrogens with zero attached hydrogens (tertiary/aromatic N) is 4. The zero-order chi connectivity index (χ0) is 18.0. The average Bonchev–Trinajstić information content (AvgIpc) is 3.02. The molecule has 0 aliphatic heterocycles. The molecule has 0 N–H and O–H groups in total. The Labute approximate surface area is 148 Å². The van der Waals surface area contributed by atoms with Gasteiger partial charge in [0.1, 0.15) is 23.1 Å². The van der Waals surface area contributed by atoms with Crippen LogP contribution in [0.4, 0.5) is 8.78 Å². The number of thioether (sulfide) groups is 1. The topological polar surface area (TPSA) is 52.8 Å². The van der Waals surface area contributed by atoms with Gasteiger partial charge in [0, 0.05) is 16.9 Å². The molecule has 5 nitrogen and oxygen atoms in total. The molecule has 3 rings (SSSR count). The van der Waals surface area contributed by atoms with E-state index in [4.69, 9.17) is 4.74 Å². The Hall–Kier alpha value is -2.48. The molecule has 8 heteroatoms. The molecular weight excluding hydrogens is 346 g/mol. The van der Waals surface area contributed by atoms with Crippen LogP contribution in [0.3, 0.4) is 0 Å². The zero-order valence-electron chi connectivity index (χ0n) is 13.9. The Morgan fingerprint density at radius 2 is 1.96 bits per heavy atom. The molecule has 0 saturated heterocycles. The lowest BCUT2D eigenvalue weighted by Gasteiger charge is -2.14. The van der Waals surface area contributed by atoms with Crippen molar-refractivity contribution < 1.29 is 13.5 Å². The summed E-state index contributed by atoms with van der Waals surface area (Å²) in [6.07, 6.45) is 0. The number of ether oxygens (including phenoxy) is 1. The molecule has 25 heavy (non-hydrogen) atoms. The van der Waals surface area contributed by atoms with Crippen molar-refractivity contribution in [2.75, 3.05) is 7.11 Å². The van der Waals surface area contributed by atoms with Gasteiger partial charge in [-0.2, -0.15) is 4.68 Å². The molecule has 0 spiro atoms. The van der Waals surface area contributed by atoms with Crippen LogP contribution in [-0.2, 0) is 0 Å². The second-order valence-corrected chi connectivity index (χ2v) is 6.78. The van der Waals surface area contributed by atoms with Crippen LogP contribution in [0.2, 0.25) is 0 Å². The highest BCUT2D eigenvalue weighted by Crippen LogP contribution is 2.36. The average molecular weight is 362 g/mol. The van der Waals surface area contributed by atoms with E-state index in [1.807, 2.05) is 32.0 Å². The van der Waals surface area contributed by atoms with E-state index in [0.717, 1.165) is 11.6 Å². The van der Waals surface area contributed by atoms with E-state index >= 15 is 0 Å². The van der Waals surface area contributed by atoms with Gasteiger partial charge in [-0.05, 0) is 48.0 Å². The zero-order valence-corrected chi connectivity index (χ0v) is 14.7. The monoisotopic (exact) mass is 362 g/mol. The van der Waals surface area contributed by atoms with Gasteiger partial charge in [0.25, 0.3) is 0 Å². The summed E-state index contributed by atoms with van der Waals surface area (Å²) in [6, 6.07) is 9.22. The molecule has 0 radical (unpaired) electrons. The fourth-order valence-electron chi connectivity index (χ4n) is 2.42. The van der Waals surface area contributed by atoms with Gasteiger partial charge in [-0.15, -0.1) is 5.10 Å². The van der Waals surface area contributed by atoms with Crippen LogP contribution < -0.4 is 4.74 Å². The molecule has 1 aromatic heterocycles. The molecule has 1 heterocycles. The first-order chi connectivity index (χ1) is 12.0. The third kappa shape index (κ3) is 3.63. The van der Waals surface area contributed by atoms with Gasteiger partial charge in [0.2, 0.25) is 5.16 Å². The smallest absolute Gasteiger partial charge is 0.214 e. The summed E-state index contributed by atoms with van der Waals surface area (Å²) in [4.78, 5) is 0. The van der Waals surface area contributed by atoms with Gasteiger partial charge < -0.3 is 4.74 Å². The summed E-state index contributed by atoms with van der Waals surface area (Å²) in [6.45, 7) is 3.77. The molecule has 0 aliphatic rings. The van der Waals surface area contributed by atoms with Gasteiger partial charge in [0.05, 0.1) is 7.11 Å². The molecule has 1 atom stereocenters. The standard InChI is InChI=1S/C17H16F2N4OS/c1-10-4-7-16(24-3)15(8-10)23-17(20-21-22-23)25-11(2)13-6-5-12(18)9-14(13)19/h4-9,11H,1-3H3. The molecule has 2 aromatic carbocycles. The van der Waals surface area contributed by atoms with Gasteiger partial charge >= 0.3 is 0 Å². The molecule has 1 unspecified atom stereocenters. The first-order valence-corrected chi connectivity index (χ1v) is 8.42. The van der Waals surface area contributed by atoms with Crippen molar-refractivity contribution >= 4 is 11.8 Å². The molecule has 130 valence electrons. The number of tetrazole rings is 1. The minimum Gasteiger partial charge on any atom is -0.494 e. The van der Waals surface area contributed by atoms with E-state index in [1.165, 1.54) is 23.9 Å². The molecule has 0 saturated carbocycles. The van der Waals surface area contributed by atoms with Crippen LogP contribution in [0.15, 0.2) is 41.6 Å². The predicted molar refractivity (Wildman–Crippen MR) is 91.1 cm³/mol. The minimum absolute atomic E-state index is 0.304. The van der Waals surface area contributed by atoms with Crippen molar-refractivity contribution in [3.8, 4) is 11.4 Å². The van der Waals surface area contributed by atoms with E-state index < -0.39 is 11.6 Å². The second-order valence-electron chi connectivity index (χ2n) is 5.47. The minimum atomic E-state index is -0.604. The number of aromatic nitrogens is 4. The molecule has 0 amide bonds. The normalized spacial score (nSPS) is 12.2. The van der Waals surface area contributed by atoms with Crippen LogP contribution in [0.25, 0.3) is 5.69 Å². The summed E-state index contributed by atoms with van der Waals surface area (Å²) in [5.41, 5.74) is 2.11. The molecule has 0 aliphatic carbocycles. The number of hydrogen-bond acceptors (Lipinski definition) is 5. The van der Waals surface area contributed by atoms with E-state index in [9.17, 15) is 8.78 Å². The third-order valence-electron chi connectivity index (χ3n) is 3.69. The Bertz CT molecular complexity index is 900. The van der Waals surface area contributed by atoms with E-state index in [1.54, 1.807) is 11.8 Å². The van der Waals surface area contributed by atoms with Crippen molar-refractivity contribution in [2.24, 2.45) is 0 Å². The quantitative estimate of drug-likeness (QED) is 0.639. The van der Waals surface area contributed by atoms with Crippen LogP contribution in [0, 0.1) is 18.6 Å². The van der Waals surface area contributed by atoms with Gasteiger partial charge in [0.15, 0.2) is 0 Å². The lowest BCUT2D eigenvalue weighted by Crippen LogP contribution is -2.04. The van der Waals surface area contributed by atoms with E-state index in [0.29, 0.717) is 22.2 Å². The van der Waals surface area contributed by atoms with E-state index in [-0.39, 0.29) is 5.25 Å². The summed E-state index contributed by atoms with van der Waals surface area (Å²) in [7, 11) is 1.57. The Morgan fingerprint density at radius 3 is 2.68 bits per heavy atom. The van der Waals surface area contributed by atoms with Crippen molar-refractivity contribution in [1.29, 1.82) is 0 Å². The first kappa shape index (κ1) is 17.3. The molecule has 0 bridgehead atoms. The number of hydrogen-bond donors (Lipinski definition) is 0. The highest BCUT2D eigenvalue weighted by Gasteiger charge is 2.19. The van der Waals surface area contributed by atoms with Gasteiger partial charge in [-0.1, -0.05) is 23.9 Å². The maximum absolute atomic E-state index is 14.0. The van der Waals surface area contributed by atoms with E-state index in [2.05, 4.69) is 15.5 Å². The fraction of sp³-hybridized carbons (Fsp3) is 0.235. The lowest BCUT2D eigenvalue weighted by molar-refractivity contribution is 0.410. The Kier molecular flexibility index (Phi) is 4.98. The van der Waals surface area contributed by atoms with Crippen LogP contribution in [0.1, 0.15) is 23.3 Å². The number of rotatable bonds is 5. The number of halogens is 2. The number of methoxy groups -OCH3 is 1. The van der Waals surface area contributed by atoms with Crippen LogP contribution in [0.5, 0.6) is 5.75 Å². The van der Waals surface area contributed by atoms with Gasteiger partial charge in [-0.3, -0.25) is 0 Å². The third-order valence-corrected chi connectivity index (χ3v) is 4.76. The highest BCUT2D eigenvalue weighted by molar-refractivity contribution is 7.99. The van der Waals surface area contributed by atoms with Gasteiger partial charge in [-0.25, -0.2) is 8.78 Å². The highest BCUT2D eigenvalue weighted by atomic mass is 32.2. The molecule has 3 aromatic rings. The van der Waals surface area contributed by atoms with Crippen LogP contribution in [-0.4, -0.2) is 27.3 Å². The number of benzene rings is 2. The van der Waals surface area contributed by atoms with Crippen molar-refractivity contribution in [3.63, 3.8) is 0 Å². The molecule has 0 fully saturated rings. The van der Waals surface area contributed by atoms with Crippen LogP contribution >= 0.6 is 11.8 Å². The Balaban J connectivity index is 1.93. The second kappa shape index (κ2) is 7.18. The Morgan fingerprint density at radius 1 is 1.16 bits per heavy atom. The first-order valence-electron chi connectivity index (χ1n) is 7.54. The SMILES string of the molecule is COc1ccc(C)cc1-n1nnnc1SC(C)c1ccc(F)cc1F. The molecular formula is C17H16F2N4OS. The summed E-state index contributed by atoms with van der Waals surface area (Å²) in [5.74, 6) is -0.569. The summed E-state index contributed by atoms with van der Waals surface area (Å²) >= 11 is 1.28. The summed E-state index contributed by atoms with van der Waals surface area (Å²) < 4.78 is 34.0. The maximum Gasteiger partial charge on any atom is 0.214 e. The van der Waals surface area contributed by atoms with Crippen molar-refractivity contribution in [1.82, 2.24) is 20.2 Å². The predicted octanol–water partition coefficient (Wildman–Crippen LogP) is 4.11. The van der Waals surface area contributed by atoms with Crippen molar-refractivity contribution in [3.05, 3.63) is 59.2 Å². The lowest BCUT2D eigenvalue weighted by atomic mass is 10.1. The van der Waals surface area contributed by atoms with Crippen molar-refractivity contribution in [2.45, 2.75) is 24.3 Å². The fourth-order valence-corrected chi connectivity index (χ4v) is 3.37.